The topological polar surface area (TPSA) is 103 Å². The maximum absolute atomic E-state index is 11.8. The Morgan fingerprint density at radius 3 is 1.57 bits per heavy atom. The first-order chi connectivity index (χ1) is 30.1. The quantitative estimate of drug-likeness (QED) is 0.130. The molecule has 2 aliphatic heterocycles. The molecular weight excluding hydrogens is 813 g/mol. The van der Waals surface area contributed by atoms with Crippen molar-refractivity contribution >= 4 is 39.8 Å². The molecule has 65 heavy (non-hydrogen) atoms. The number of esters is 2. The number of benzene rings is 4. The summed E-state index contributed by atoms with van der Waals surface area (Å²) in [4.78, 5) is 35.7. The third-order valence-corrected chi connectivity index (χ3v) is 14.1. The van der Waals surface area contributed by atoms with Crippen LogP contribution < -0.4 is 14.8 Å². The number of rotatable bonds is 9. The average molecular weight is 895 g/mol. The van der Waals surface area contributed by atoms with Gasteiger partial charge in [-0.1, -0.05) is 92.8 Å². The molecule has 8 rings (SSSR count). The van der Waals surface area contributed by atoms with E-state index in [0.717, 1.165) is 112 Å². The van der Waals surface area contributed by atoms with E-state index in [0.29, 0.717) is 28.6 Å². The lowest BCUT2D eigenvalue weighted by atomic mass is 9.72. The number of fused-ring (bicyclic) bond motifs is 2. The highest BCUT2D eigenvalue weighted by molar-refractivity contribution is 5.89. The zero-order valence-electron chi connectivity index (χ0n) is 39.4. The van der Waals surface area contributed by atoms with Gasteiger partial charge in [-0.25, -0.2) is 0 Å². The van der Waals surface area contributed by atoms with Crippen LogP contribution in [0.5, 0.6) is 11.5 Å². The van der Waals surface area contributed by atoms with Crippen molar-refractivity contribution in [3.63, 3.8) is 0 Å². The zero-order chi connectivity index (χ0) is 45.1. The molecule has 2 unspecified atom stereocenters. The van der Waals surface area contributed by atoms with Gasteiger partial charge in [0.1, 0.15) is 17.8 Å². The Balaban J connectivity index is 0.000000239. The van der Waals surface area contributed by atoms with Crippen LogP contribution in [0.15, 0.2) is 72.8 Å². The first kappa shape index (κ1) is 53.1. The summed E-state index contributed by atoms with van der Waals surface area (Å²) >= 11 is 0. The minimum absolute atomic E-state index is 0. The SMILES string of the molecule is C.C.CC(C)(C)C1CCC(Oc2ccc3cc(C=O)ccc3c2)CC1.COC(=O)C1CCN(Cc2ccc3cc(OC4CCC(C(C)(C)C)CC4)ccc3c2)C1.COC(=O)C1CCNC1. The summed E-state index contributed by atoms with van der Waals surface area (Å²) < 4.78 is 22.0. The van der Waals surface area contributed by atoms with Crippen LogP contribution in [0.3, 0.4) is 0 Å². The number of aldehydes is 1. The Labute approximate surface area is 391 Å². The third-order valence-electron chi connectivity index (χ3n) is 14.1. The second-order valence-corrected chi connectivity index (χ2v) is 20.6. The lowest BCUT2D eigenvalue weighted by Gasteiger charge is -2.37. The van der Waals surface area contributed by atoms with E-state index in [-0.39, 0.29) is 38.6 Å². The summed E-state index contributed by atoms with van der Waals surface area (Å²) in [5.41, 5.74) is 2.81. The number of nitrogens with zero attached hydrogens (tertiary/aromatic N) is 1. The maximum Gasteiger partial charge on any atom is 0.310 e. The van der Waals surface area contributed by atoms with E-state index in [1.165, 1.54) is 56.2 Å². The molecule has 1 N–H and O–H groups in total. The fourth-order valence-corrected chi connectivity index (χ4v) is 9.93. The Morgan fingerprint density at radius 2 is 1.09 bits per heavy atom. The second-order valence-electron chi connectivity index (χ2n) is 20.6. The molecule has 0 spiro atoms. The molecule has 0 aromatic heterocycles. The van der Waals surface area contributed by atoms with Crippen LogP contribution in [0.1, 0.15) is 137 Å². The van der Waals surface area contributed by atoms with E-state index in [2.05, 4.69) is 99.0 Å². The summed E-state index contributed by atoms with van der Waals surface area (Å²) in [5.74, 6) is 3.50. The van der Waals surface area contributed by atoms with Crippen molar-refractivity contribution in [1.82, 2.24) is 10.2 Å². The Hall–Kier alpha value is -4.47. The lowest BCUT2D eigenvalue weighted by molar-refractivity contribution is -0.145. The zero-order valence-corrected chi connectivity index (χ0v) is 39.4. The van der Waals surface area contributed by atoms with Crippen molar-refractivity contribution in [3.05, 3.63) is 83.9 Å². The molecule has 2 saturated heterocycles. The van der Waals surface area contributed by atoms with E-state index >= 15 is 0 Å². The lowest BCUT2D eigenvalue weighted by Crippen LogP contribution is -2.30. The van der Waals surface area contributed by atoms with Gasteiger partial charge in [0.25, 0.3) is 0 Å². The molecule has 4 aromatic carbocycles. The molecule has 0 radical (unpaired) electrons. The highest BCUT2D eigenvalue weighted by Gasteiger charge is 2.32. The van der Waals surface area contributed by atoms with Gasteiger partial charge in [0, 0.05) is 25.2 Å². The number of ether oxygens (including phenoxy) is 4. The summed E-state index contributed by atoms with van der Waals surface area (Å²) in [5, 5.41) is 7.75. The van der Waals surface area contributed by atoms with Crippen molar-refractivity contribution in [3.8, 4) is 11.5 Å². The summed E-state index contributed by atoms with van der Waals surface area (Å²) in [6.07, 6.45) is 13.0. The summed E-state index contributed by atoms with van der Waals surface area (Å²) in [6.45, 7) is 18.4. The van der Waals surface area contributed by atoms with Gasteiger partial charge in [0.2, 0.25) is 0 Å². The molecule has 2 atom stereocenters. The van der Waals surface area contributed by atoms with E-state index < -0.39 is 0 Å². The molecule has 0 bridgehead atoms. The summed E-state index contributed by atoms with van der Waals surface area (Å²) in [7, 11) is 2.91. The number of hydrogen-bond acceptors (Lipinski definition) is 9. The monoisotopic (exact) mass is 895 g/mol. The van der Waals surface area contributed by atoms with Gasteiger partial charge in [0.05, 0.1) is 38.3 Å². The molecule has 9 nitrogen and oxygen atoms in total. The van der Waals surface area contributed by atoms with E-state index in [1.54, 1.807) is 0 Å². The smallest absolute Gasteiger partial charge is 0.310 e. The van der Waals surface area contributed by atoms with Gasteiger partial charge in [0.15, 0.2) is 0 Å². The first-order valence-electron chi connectivity index (χ1n) is 23.6. The second kappa shape index (κ2) is 24.3. The molecule has 2 aliphatic carbocycles. The normalized spacial score (nSPS) is 23.3. The van der Waals surface area contributed by atoms with Gasteiger partial charge in [-0.15, -0.1) is 0 Å². The van der Waals surface area contributed by atoms with Crippen LogP contribution in [0.25, 0.3) is 21.5 Å². The minimum Gasteiger partial charge on any atom is -0.490 e. The van der Waals surface area contributed by atoms with Crippen LogP contribution in [0, 0.1) is 34.5 Å². The van der Waals surface area contributed by atoms with Gasteiger partial charge in [-0.3, -0.25) is 19.3 Å². The molecular formula is C56H82N2O7. The van der Waals surface area contributed by atoms with Crippen LogP contribution in [-0.2, 0) is 25.6 Å². The molecule has 4 fully saturated rings. The molecule has 4 aromatic rings. The fourth-order valence-electron chi connectivity index (χ4n) is 9.93. The Bertz CT molecular complexity index is 2110. The molecule has 9 heteroatoms. The predicted octanol–water partition coefficient (Wildman–Crippen LogP) is 12.5. The van der Waals surface area contributed by atoms with Gasteiger partial charge >= 0.3 is 11.9 Å². The standard InChI is InChI=1S/C27H37NO3.C21H26O2.C6H11NO2.2CH4/c1-27(2,3)23-8-11-24(12-9-23)31-25-10-7-20-15-19(5-6-21(20)16-25)17-28-14-13-22(18-28)26(29)30-4;1-21(2,3)18-7-10-19(11-8-18)23-20-9-6-16-12-15(14-22)4-5-17(16)13-20;1-9-6(8)5-2-3-7-4-5;;/h5-7,10,15-16,22-24H,8-9,11-14,17-18H2,1-4H3;4-6,9,12-14,18-19H,7-8,10-11H2,1-3H3;5,7H,2-4H2,1H3;2*1H4. The number of carbonyl (C=O) groups is 3. The van der Waals surface area contributed by atoms with Crippen LogP contribution in [-0.4, -0.2) is 75.7 Å². The van der Waals surface area contributed by atoms with E-state index in [4.69, 9.17) is 14.2 Å². The predicted molar refractivity (Wildman–Crippen MR) is 267 cm³/mol. The van der Waals surface area contributed by atoms with Crippen molar-refractivity contribution in [2.75, 3.05) is 40.4 Å². The largest absolute Gasteiger partial charge is 0.490 e. The van der Waals surface area contributed by atoms with Gasteiger partial charge < -0.3 is 24.3 Å². The number of likely N-dealkylation sites (tertiary alicyclic amines) is 1. The van der Waals surface area contributed by atoms with Crippen LogP contribution in [0.2, 0.25) is 0 Å². The number of hydrogen-bond donors (Lipinski definition) is 1. The molecule has 4 aliphatic rings. The number of nitrogens with one attached hydrogen (secondary N) is 1. The highest BCUT2D eigenvalue weighted by atomic mass is 16.5. The minimum atomic E-state index is -0.0833. The Kier molecular flexibility index (Phi) is 19.9. The number of methoxy groups -OCH3 is 2. The van der Waals surface area contributed by atoms with E-state index in [9.17, 15) is 14.4 Å². The fraction of sp³-hybridized carbons (Fsp3) is 0.589. The van der Waals surface area contributed by atoms with Crippen LogP contribution >= 0.6 is 0 Å². The van der Waals surface area contributed by atoms with Gasteiger partial charge in [-0.2, -0.15) is 0 Å². The highest BCUT2D eigenvalue weighted by Crippen LogP contribution is 2.40. The molecule has 2 saturated carbocycles. The van der Waals surface area contributed by atoms with Crippen molar-refractivity contribution in [1.29, 1.82) is 0 Å². The van der Waals surface area contributed by atoms with Crippen molar-refractivity contribution in [2.24, 2.45) is 34.5 Å². The van der Waals surface area contributed by atoms with E-state index in [1.807, 2.05) is 30.3 Å². The molecule has 358 valence electrons. The van der Waals surface area contributed by atoms with Crippen LogP contribution in [0.4, 0.5) is 0 Å². The van der Waals surface area contributed by atoms with Crippen molar-refractivity contribution < 1.29 is 33.3 Å². The summed E-state index contributed by atoms with van der Waals surface area (Å²) in [6, 6.07) is 25.0. The molecule has 0 amide bonds. The average Bonchev–Trinajstić information content (AvgIpc) is 4.00. The first-order valence-corrected chi connectivity index (χ1v) is 23.6. The molecule has 2 heterocycles. The number of carbonyl (C=O) groups excluding carboxylic acids is 3. The maximum atomic E-state index is 11.8. The third kappa shape index (κ3) is 15.3. The van der Waals surface area contributed by atoms with Crippen molar-refractivity contribution in [2.45, 2.75) is 139 Å². The van der Waals surface area contributed by atoms with Gasteiger partial charge in [-0.05, 0) is 163 Å². The Morgan fingerprint density at radius 1 is 0.615 bits per heavy atom.